The molecule has 2 aromatic rings. The molecular formula is C28H30BrNO5. The standard InChI is InChI=1S/C28H30BrNO5/c1-5-15(2)35-28(33)24-16(3)30-21-12-18(17-9-7-6-8-10-17)13-22(31)26(21)25(24)19-11-20(29)27(32)23(14-19)34-4/h6-11,14-15,18,25,30,32H,5,12-13H2,1-4H3/t15-,18-,25+/m0/s1. The van der Waals surface area contributed by atoms with Crippen molar-refractivity contribution < 1.29 is 24.2 Å². The molecule has 35 heavy (non-hydrogen) atoms. The number of rotatable bonds is 6. The Labute approximate surface area is 214 Å². The molecule has 1 aliphatic heterocycles. The summed E-state index contributed by atoms with van der Waals surface area (Å²) in [5.74, 6) is -0.837. The van der Waals surface area contributed by atoms with Crippen LogP contribution in [0.2, 0.25) is 0 Å². The number of carbonyl (C=O) groups is 2. The van der Waals surface area contributed by atoms with Crippen LogP contribution in [0.15, 0.2) is 69.5 Å². The van der Waals surface area contributed by atoms with E-state index in [1.165, 1.54) is 7.11 Å². The van der Waals surface area contributed by atoms with Gasteiger partial charge >= 0.3 is 5.97 Å². The molecule has 0 aromatic heterocycles. The van der Waals surface area contributed by atoms with Crippen LogP contribution in [0.3, 0.4) is 0 Å². The van der Waals surface area contributed by atoms with E-state index in [4.69, 9.17) is 9.47 Å². The largest absolute Gasteiger partial charge is 0.503 e. The smallest absolute Gasteiger partial charge is 0.337 e. The molecule has 0 bridgehead atoms. The fraction of sp³-hybridized carbons (Fsp3) is 0.357. The number of Topliss-reactive ketones (excluding diaryl/α,β-unsaturated/α-hetero) is 1. The van der Waals surface area contributed by atoms with E-state index in [-0.39, 0.29) is 29.3 Å². The number of dihydropyridines is 1. The van der Waals surface area contributed by atoms with E-state index in [0.29, 0.717) is 46.1 Å². The summed E-state index contributed by atoms with van der Waals surface area (Å²) in [4.78, 5) is 27.1. The molecule has 3 atom stereocenters. The van der Waals surface area contributed by atoms with E-state index < -0.39 is 11.9 Å². The van der Waals surface area contributed by atoms with Gasteiger partial charge in [0.15, 0.2) is 17.3 Å². The van der Waals surface area contributed by atoms with Crippen LogP contribution in [0.25, 0.3) is 0 Å². The van der Waals surface area contributed by atoms with Gasteiger partial charge in [0.2, 0.25) is 0 Å². The molecule has 0 unspecified atom stereocenters. The molecule has 6 nitrogen and oxygen atoms in total. The van der Waals surface area contributed by atoms with Gasteiger partial charge in [0, 0.05) is 29.3 Å². The minimum Gasteiger partial charge on any atom is -0.503 e. The zero-order valence-corrected chi connectivity index (χ0v) is 21.9. The van der Waals surface area contributed by atoms with E-state index in [2.05, 4.69) is 21.2 Å². The van der Waals surface area contributed by atoms with Gasteiger partial charge in [0.25, 0.3) is 0 Å². The van der Waals surface area contributed by atoms with Gasteiger partial charge in [-0.3, -0.25) is 4.79 Å². The Morgan fingerprint density at radius 3 is 2.57 bits per heavy atom. The number of esters is 1. The number of benzene rings is 2. The maximum atomic E-state index is 13.7. The van der Waals surface area contributed by atoms with Gasteiger partial charge in [-0.2, -0.15) is 0 Å². The molecule has 2 N–H and O–H groups in total. The van der Waals surface area contributed by atoms with Gasteiger partial charge in [-0.25, -0.2) is 4.79 Å². The summed E-state index contributed by atoms with van der Waals surface area (Å²) in [7, 11) is 1.47. The Balaban J connectivity index is 1.85. The molecule has 2 aliphatic rings. The molecule has 1 heterocycles. The Hall–Kier alpha value is -3.06. The summed E-state index contributed by atoms with van der Waals surface area (Å²) >= 11 is 3.39. The summed E-state index contributed by atoms with van der Waals surface area (Å²) in [6.45, 7) is 5.64. The van der Waals surface area contributed by atoms with Gasteiger partial charge in [-0.1, -0.05) is 37.3 Å². The molecule has 0 saturated carbocycles. The van der Waals surface area contributed by atoms with E-state index >= 15 is 0 Å². The van der Waals surface area contributed by atoms with Crippen molar-refractivity contribution in [2.45, 2.75) is 58.0 Å². The highest BCUT2D eigenvalue weighted by Gasteiger charge is 2.42. The molecule has 184 valence electrons. The number of carbonyl (C=O) groups excluding carboxylic acids is 2. The van der Waals surface area contributed by atoms with E-state index in [9.17, 15) is 14.7 Å². The molecule has 1 aliphatic carbocycles. The topological polar surface area (TPSA) is 84.9 Å². The van der Waals surface area contributed by atoms with Crippen LogP contribution < -0.4 is 10.1 Å². The normalized spacial score (nSPS) is 20.8. The number of hydrogen-bond acceptors (Lipinski definition) is 6. The lowest BCUT2D eigenvalue weighted by Gasteiger charge is -2.37. The van der Waals surface area contributed by atoms with Crippen molar-refractivity contribution in [3.63, 3.8) is 0 Å². The Bertz CT molecular complexity index is 1220. The number of methoxy groups -OCH3 is 1. The molecule has 0 spiro atoms. The number of allylic oxidation sites excluding steroid dienone is 3. The van der Waals surface area contributed by atoms with Crippen LogP contribution in [0.5, 0.6) is 11.5 Å². The second-order valence-corrected chi connectivity index (χ2v) is 9.96. The van der Waals surface area contributed by atoms with Crippen LogP contribution in [0.1, 0.15) is 63.0 Å². The van der Waals surface area contributed by atoms with Crippen LogP contribution in [-0.4, -0.2) is 30.1 Å². The highest BCUT2D eigenvalue weighted by Crippen LogP contribution is 2.48. The number of halogens is 1. The first-order valence-corrected chi connectivity index (χ1v) is 12.6. The predicted octanol–water partition coefficient (Wildman–Crippen LogP) is 5.87. The summed E-state index contributed by atoms with van der Waals surface area (Å²) in [6.07, 6.45) is 1.43. The number of hydrogen-bond donors (Lipinski definition) is 2. The Morgan fingerprint density at radius 1 is 1.20 bits per heavy atom. The second kappa shape index (κ2) is 10.3. The third-order valence-electron chi connectivity index (χ3n) is 6.81. The average molecular weight is 540 g/mol. The van der Waals surface area contributed by atoms with Crippen LogP contribution in [0, 0.1) is 0 Å². The van der Waals surface area contributed by atoms with E-state index in [0.717, 1.165) is 11.3 Å². The van der Waals surface area contributed by atoms with Crippen molar-refractivity contribution >= 4 is 27.7 Å². The highest BCUT2D eigenvalue weighted by molar-refractivity contribution is 9.10. The monoisotopic (exact) mass is 539 g/mol. The summed E-state index contributed by atoms with van der Waals surface area (Å²) in [5, 5.41) is 13.7. The predicted molar refractivity (Wildman–Crippen MR) is 137 cm³/mol. The maximum Gasteiger partial charge on any atom is 0.337 e. The fourth-order valence-corrected chi connectivity index (χ4v) is 5.31. The Kier molecular flexibility index (Phi) is 7.36. The van der Waals surface area contributed by atoms with Gasteiger partial charge < -0.3 is 19.9 Å². The molecule has 7 heteroatoms. The second-order valence-electron chi connectivity index (χ2n) is 9.11. The van der Waals surface area contributed by atoms with Crippen molar-refractivity contribution in [2.75, 3.05) is 7.11 Å². The number of phenols is 1. The summed E-state index contributed by atoms with van der Waals surface area (Å²) in [5.41, 5.74) is 4.23. The van der Waals surface area contributed by atoms with Crippen molar-refractivity contribution in [1.29, 1.82) is 0 Å². The summed E-state index contributed by atoms with van der Waals surface area (Å²) < 4.78 is 11.5. The molecule has 0 saturated heterocycles. The maximum absolute atomic E-state index is 13.7. The zero-order chi connectivity index (χ0) is 25.3. The van der Waals surface area contributed by atoms with E-state index in [1.54, 1.807) is 12.1 Å². The van der Waals surface area contributed by atoms with Crippen molar-refractivity contribution in [1.82, 2.24) is 5.32 Å². The quantitative estimate of drug-likeness (QED) is 0.446. The lowest BCUT2D eigenvalue weighted by molar-refractivity contribution is -0.144. The molecule has 2 aromatic carbocycles. The number of ketones is 1. The molecule has 0 fully saturated rings. The first-order valence-electron chi connectivity index (χ1n) is 11.8. The molecule has 0 amide bonds. The van der Waals surface area contributed by atoms with Crippen molar-refractivity contribution in [3.05, 3.63) is 80.6 Å². The van der Waals surface area contributed by atoms with Crippen LogP contribution in [-0.2, 0) is 14.3 Å². The highest BCUT2D eigenvalue weighted by atomic mass is 79.9. The first kappa shape index (κ1) is 25.0. The fourth-order valence-electron chi connectivity index (χ4n) is 4.85. The minimum absolute atomic E-state index is 0.0119. The van der Waals surface area contributed by atoms with Gasteiger partial charge in [-0.15, -0.1) is 0 Å². The Morgan fingerprint density at radius 2 is 1.91 bits per heavy atom. The third-order valence-corrected chi connectivity index (χ3v) is 7.41. The SMILES string of the molecule is CC[C@H](C)OC(=O)C1=C(C)NC2=C(C(=O)C[C@@H](c3ccccc3)C2)[C@@H]1c1cc(Br)c(O)c(OC)c1. The minimum atomic E-state index is -0.641. The molecular weight excluding hydrogens is 510 g/mol. The van der Waals surface area contributed by atoms with E-state index in [1.807, 2.05) is 51.1 Å². The zero-order valence-electron chi connectivity index (χ0n) is 20.4. The third kappa shape index (κ3) is 4.87. The van der Waals surface area contributed by atoms with Crippen molar-refractivity contribution in [2.24, 2.45) is 0 Å². The average Bonchev–Trinajstić information content (AvgIpc) is 2.84. The number of ether oxygens (including phenoxy) is 2. The summed E-state index contributed by atoms with van der Waals surface area (Å²) in [6, 6.07) is 13.4. The molecule has 4 rings (SSSR count). The van der Waals surface area contributed by atoms with Crippen molar-refractivity contribution in [3.8, 4) is 11.5 Å². The van der Waals surface area contributed by atoms with Gasteiger partial charge in [0.1, 0.15) is 0 Å². The van der Waals surface area contributed by atoms with Crippen LogP contribution >= 0.6 is 15.9 Å². The number of nitrogens with one attached hydrogen (secondary N) is 1. The van der Waals surface area contributed by atoms with Crippen LogP contribution in [0.4, 0.5) is 0 Å². The molecule has 0 radical (unpaired) electrons. The number of aromatic hydroxyl groups is 1. The first-order chi connectivity index (χ1) is 16.7. The lowest BCUT2D eigenvalue weighted by Crippen LogP contribution is -2.36. The number of phenolic OH excluding ortho intramolecular Hbond substituents is 1. The lowest BCUT2D eigenvalue weighted by atomic mass is 9.71. The van der Waals surface area contributed by atoms with Gasteiger partial charge in [0.05, 0.1) is 23.3 Å². The van der Waals surface area contributed by atoms with Gasteiger partial charge in [-0.05, 0) is 71.8 Å².